The molecule has 1 unspecified atom stereocenters. The summed E-state index contributed by atoms with van der Waals surface area (Å²) < 4.78 is 22.5. The number of Topliss-reactive ketones (excluding diaryl/α,β-unsaturated/α-hetero) is 1. The zero-order chi connectivity index (χ0) is 14.5. The molecule has 6 nitrogen and oxygen atoms in total. The van der Waals surface area contributed by atoms with Crippen molar-refractivity contribution in [2.24, 2.45) is 0 Å². The van der Waals surface area contributed by atoms with Crippen LogP contribution in [0.25, 0.3) is 0 Å². The largest absolute Gasteiger partial charge is 0.375 e. The second-order valence-corrected chi connectivity index (χ2v) is 6.85. The van der Waals surface area contributed by atoms with Crippen LogP contribution in [0.2, 0.25) is 0 Å². The maximum absolute atomic E-state index is 12.4. The molecule has 0 bridgehead atoms. The van der Waals surface area contributed by atoms with Crippen LogP contribution >= 0.6 is 18.9 Å². The van der Waals surface area contributed by atoms with Gasteiger partial charge >= 0.3 is 7.60 Å². The molecular weight excluding hydrogens is 378 g/mol. The molecule has 1 aromatic rings. The van der Waals surface area contributed by atoms with Crippen molar-refractivity contribution in [1.29, 1.82) is 0 Å². The van der Waals surface area contributed by atoms with E-state index >= 15 is 0 Å². The first kappa shape index (κ1) is 20.4. The molecule has 0 saturated carbocycles. The Labute approximate surface area is 147 Å². The van der Waals surface area contributed by atoms with E-state index in [0.717, 1.165) is 11.3 Å². The zero-order valence-corrected chi connectivity index (χ0v) is 16.0. The van der Waals surface area contributed by atoms with E-state index in [9.17, 15) is 14.5 Å². The van der Waals surface area contributed by atoms with Crippen LogP contribution in [0.1, 0.15) is 29.6 Å². The third kappa shape index (κ3) is 5.64. The minimum atomic E-state index is -3.63. The summed E-state index contributed by atoms with van der Waals surface area (Å²) in [5, 5.41) is 10.6. The molecule has 1 aromatic heterocycles. The third-order valence-electron chi connectivity index (χ3n) is 2.09. The Hall–Kier alpha value is 0.384. The average molecular weight is 395 g/mol. The maximum atomic E-state index is 12.4. The van der Waals surface area contributed by atoms with Gasteiger partial charge in [-0.05, 0) is 13.8 Å². The molecule has 0 amide bonds. The van der Waals surface area contributed by atoms with Gasteiger partial charge in [-0.15, -0.1) is 11.3 Å². The van der Waals surface area contributed by atoms with Crippen molar-refractivity contribution < 1.29 is 56.2 Å². The molecule has 111 valence electrons. The maximum Gasteiger partial charge on any atom is 0.364 e. The number of nitrogens with zero attached hydrogens (tertiary/aromatic N) is 1. The fourth-order valence-corrected chi connectivity index (χ4v) is 4.21. The number of aromatic nitrogens is 1. The first-order valence-electron chi connectivity index (χ1n) is 5.79. The van der Waals surface area contributed by atoms with Crippen molar-refractivity contribution in [2.75, 3.05) is 13.2 Å². The molecule has 1 heterocycles. The summed E-state index contributed by atoms with van der Waals surface area (Å²) in [5.74, 6) is -1.66. The van der Waals surface area contributed by atoms with Crippen molar-refractivity contribution >= 4 is 24.7 Å². The van der Waals surface area contributed by atoms with Gasteiger partial charge in [0.2, 0.25) is 0 Å². The predicted octanol–water partition coefficient (Wildman–Crippen LogP) is 2.34. The van der Waals surface area contributed by atoms with Gasteiger partial charge in [0.15, 0.2) is 5.85 Å². The number of hydrogen-bond acceptors (Lipinski definition) is 7. The van der Waals surface area contributed by atoms with Gasteiger partial charge in [-0.1, -0.05) is 0 Å². The van der Waals surface area contributed by atoms with Gasteiger partial charge < -0.3 is 25.9 Å². The number of carbonyl (C=O) groups excluding carboxylic acids is 1. The van der Waals surface area contributed by atoms with Crippen molar-refractivity contribution in [3.63, 3.8) is 0 Å². The summed E-state index contributed by atoms with van der Waals surface area (Å²) in [5.41, 5.74) is 0. The second-order valence-electron chi connectivity index (χ2n) is 3.62. The first-order chi connectivity index (χ1) is 8.92. The number of aliphatic hydroxyl groups excluding tert-OH is 1. The van der Waals surface area contributed by atoms with Crippen LogP contribution in [0.15, 0.2) is 6.20 Å². The van der Waals surface area contributed by atoms with E-state index in [1.807, 2.05) is 0 Å². The minimum Gasteiger partial charge on any atom is -0.375 e. The van der Waals surface area contributed by atoms with E-state index < -0.39 is 13.4 Å². The number of rotatable bonds is 8. The molecule has 1 rings (SSSR count). The Bertz CT molecular complexity index is 471. The van der Waals surface area contributed by atoms with Gasteiger partial charge in [-0.25, -0.2) is 4.98 Å². The Morgan fingerprint density at radius 3 is 2.50 bits per heavy atom. The van der Waals surface area contributed by atoms with Crippen LogP contribution < -0.4 is 0 Å². The second kappa shape index (κ2) is 9.41. The summed E-state index contributed by atoms with van der Waals surface area (Å²) >= 11 is 1.09. The third-order valence-corrected chi connectivity index (χ3v) is 5.43. The molecule has 0 aliphatic carbocycles. The van der Waals surface area contributed by atoms with Crippen LogP contribution in [0.5, 0.6) is 0 Å². The summed E-state index contributed by atoms with van der Waals surface area (Å²) in [6, 6.07) is 0. The monoisotopic (exact) mass is 395 g/mol. The van der Waals surface area contributed by atoms with E-state index in [-0.39, 0.29) is 58.1 Å². The Kier molecular flexibility index (Phi) is 9.59. The van der Waals surface area contributed by atoms with Gasteiger partial charge in [0.1, 0.15) is 0 Å². The fraction of sp³-hybridized carbons (Fsp3) is 0.545. The molecule has 0 saturated heterocycles. The molecule has 1 N–H and O–H groups in total. The van der Waals surface area contributed by atoms with E-state index in [4.69, 9.17) is 9.05 Å². The van der Waals surface area contributed by atoms with Crippen molar-refractivity contribution in [2.45, 2.75) is 26.1 Å². The molecule has 0 aromatic carbocycles. The van der Waals surface area contributed by atoms with Crippen LogP contribution in [0.4, 0.5) is 0 Å². The van der Waals surface area contributed by atoms with Crippen LogP contribution in [-0.2, 0) is 57.5 Å². The molecule has 9 heteroatoms. The number of carbonyl (C=O) groups is 1. The molecule has 0 fully saturated rings. The molecule has 1 radical (unpaired) electrons. The van der Waals surface area contributed by atoms with Crippen LogP contribution in [0, 0.1) is 6.92 Å². The molecule has 1 atom stereocenters. The normalized spacial score (nSPS) is 12.8. The van der Waals surface area contributed by atoms with Gasteiger partial charge in [-0.3, -0.25) is 4.57 Å². The van der Waals surface area contributed by atoms with Crippen molar-refractivity contribution in [1.82, 2.24) is 4.98 Å². The molecular formula is C11H17NO5PSY-. The summed E-state index contributed by atoms with van der Waals surface area (Å²) in [6.45, 7) is 6.91. The smallest absolute Gasteiger partial charge is 0.364 e. The number of aliphatic hydroxyl groups is 1. The van der Waals surface area contributed by atoms with Gasteiger partial charge in [0.25, 0.3) is 0 Å². The molecule has 0 aliphatic rings. The zero-order valence-electron chi connectivity index (χ0n) is 11.4. The first-order valence-corrected chi connectivity index (χ1v) is 8.22. The summed E-state index contributed by atoms with van der Waals surface area (Å²) in [7, 11) is -3.63. The van der Waals surface area contributed by atoms with E-state index in [1.54, 1.807) is 13.8 Å². The van der Waals surface area contributed by atoms with Gasteiger partial charge in [0, 0.05) is 51.1 Å². The van der Waals surface area contributed by atoms with E-state index in [1.165, 1.54) is 6.20 Å². The van der Waals surface area contributed by atoms with Gasteiger partial charge in [-0.2, -0.15) is 0 Å². The fourth-order valence-electron chi connectivity index (χ4n) is 1.39. The van der Waals surface area contributed by atoms with Crippen LogP contribution in [-0.4, -0.2) is 29.1 Å². The Morgan fingerprint density at radius 2 is 2.05 bits per heavy atom. The SMILES string of the molecule is [CH2-]C(=O)Cc1ncc(C(O)P(=O)(OCC)OCC)s1.[Y]. The topological polar surface area (TPSA) is 85.7 Å². The number of thiazole rings is 1. The Morgan fingerprint density at radius 1 is 1.50 bits per heavy atom. The van der Waals surface area contributed by atoms with E-state index in [2.05, 4.69) is 11.9 Å². The predicted molar refractivity (Wildman–Crippen MR) is 72.0 cm³/mol. The van der Waals surface area contributed by atoms with E-state index in [0.29, 0.717) is 9.88 Å². The van der Waals surface area contributed by atoms with Gasteiger partial charge in [0.05, 0.1) is 23.1 Å². The number of hydrogen-bond donors (Lipinski definition) is 1. The molecule has 0 spiro atoms. The quantitative estimate of drug-likeness (QED) is 0.537. The molecule has 20 heavy (non-hydrogen) atoms. The van der Waals surface area contributed by atoms with Crippen LogP contribution in [0.3, 0.4) is 0 Å². The molecule has 0 aliphatic heterocycles. The average Bonchev–Trinajstić information content (AvgIpc) is 2.76. The minimum absolute atomic E-state index is 0. The Balaban J connectivity index is 0.00000361. The summed E-state index contributed by atoms with van der Waals surface area (Å²) in [6.07, 6.45) is 1.46. The summed E-state index contributed by atoms with van der Waals surface area (Å²) in [4.78, 5) is 15.2. The number of ketones is 1. The standard InChI is InChI=1S/C11H17NO5PS.Y/c1-4-16-18(15,17-5-2)11(14)9-7-12-10(19-9)6-8(3)13;/h7,11,14H,3-6H2,1-2H3;/q-1;. The van der Waals surface area contributed by atoms with Crippen molar-refractivity contribution in [3.8, 4) is 0 Å². The van der Waals surface area contributed by atoms with Crippen molar-refractivity contribution in [3.05, 3.63) is 23.0 Å².